The number of carbonyl (C=O) groups is 2. The number of benzene rings is 2. The van der Waals surface area contributed by atoms with Crippen molar-refractivity contribution in [1.82, 2.24) is 14.6 Å². The van der Waals surface area contributed by atoms with Crippen molar-refractivity contribution in [2.75, 3.05) is 11.9 Å². The van der Waals surface area contributed by atoms with Gasteiger partial charge in [0.15, 0.2) is 5.65 Å². The normalized spacial score (nSPS) is 10.9. The van der Waals surface area contributed by atoms with Crippen LogP contribution in [0.5, 0.6) is 0 Å². The standard InChI is InChI=1S/C26H26N4O3/c1-4-33-26(32)20-11-8-12-21(15-20)28-25(31)14-13-22-17(2)27-24-16-23(29-30(24)18(22)3)19-9-6-5-7-10-19/h5-12,15-16H,4,13-14H2,1-3H3,(H,28,31). The predicted octanol–water partition coefficient (Wildman–Crippen LogP) is 4.76. The molecule has 7 heteroatoms. The number of esters is 1. The summed E-state index contributed by atoms with van der Waals surface area (Å²) >= 11 is 0. The summed E-state index contributed by atoms with van der Waals surface area (Å²) in [6, 6.07) is 18.7. The summed E-state index contributed by atoms with van der Waals surface area (Å²) in [5.41, 5.74) is 6.51. The lowest BCUT2D eigenvalue weighted by Crippen LogP contribution is -2.15. The van der Waals surface area contributed by atoms with E-state index in [0.29, 0.717) is 24.3 Å². The topological polar surface area (TPSA) is 85.6 Å². The molecule has 0 saturated carbocycles. The van der Waals surface area contributed by atoms with Gasteiger partial charge in [0.25, 0.3) is 0 Å². The third-order valence-electron chi connectivity index (χ3n) is 5.49. The first kappa shape index (κ1) is 22.2. The molecule has 168 valence electrons. The zero-order valence-corrected chi connectivity index (χ0v) is 19.0. The van der Waals surface area contributed by atoms with Crippen LogP contribution in [0, 0.1) is 13.8 Å². The molecule has 0 atom stereocenters. The van der Waals surface area contributed by atoms with E-state index < -0.39 is 5.97 Å². The number of aryl methyl sites for hydroxylation is 2. The summed E-state index contributed by atoms with van der Waals surface area (Å²) in [6.45, 7) is 6.01. The highest BCUT2D eigenvalue weighted by Gasteiger charge is 2.15. The molecule has 2 aromatic carbocycles. The van der Waals surface area contributed by atoms with Crippen LogP contribution in [0.1, 0.15) is 40.7 Å². The molecule has 4 aromatic rings. The summed E-state index contributed by atoms with van der Waals surface area (Å²) in [6.07, 6.45) is 0.815. The molecule has 0 fully saturated rings. The molecule has 0 unspecified atom stereocenters. The zero-order chi connectivity index (χ0) is 23.4. The Balaban J connectivity index is 1.48. The zero-order valence-electron chi connectivity index (χ0n) is 19.0. The van der Waals surface area contributed by atoms with Gasteiger partial charge in [-0.05, 0) is 51.0 Å². The SMILES string of the molecule is CCOC(=O)c1cccc(NC(=O)CCc2c(C)nc3cc(-c4ccccc4)nn3c2C)c1. The lowest BCUT2D eigenvalue weighted by atomic mass is 10.1. The van der Waals surface area contributed by atoms with Crippen molar-refractivity contribution in [3.05, 3.63) is 83.2 Å². The highest BCUT2D eigenvalue weighted by Crippen LogP contribution is 2.22. The number of anilines is 1. The molecule has 33 heavy (non-hydrogen) atoms. The number of carbonyl (C=O) groups excluding carboxylic acids is 2. The molecule has 0 aliphatic heterocycles. The Morgan fingerprint density at radius 3 is 2.58 bits per heavy atom. The Hall–Kier alpha value is -4.00. The van der Waals surface area contributed by atoms with Crippen LogP contribution in [0.4, 0.5) is 5.69 Å². The largest absolute Gasteiger partial charge is 0.462 e. The maximum absolute atomic E-state index is 12.6. The molecule has 1 amide bonds. The first-order chi connectivity index (χ1) is 16.0. The average molecular weight is 443 g/mol. The van der Waals surface area contributed by atoms with Gasteiger partial charge in [0, 0.05) is 35.1 Å². The van der Waals surface area contributed by atoms with Crippen molar-refractivity contribution in [2.45, 2.75) is 33.6 Å². The fourth-order valence-corrected chi connectivity index (χ4v) is 3.84. The lowest BCUT2D eigenvalue weighted by Gasteiger charge is -2.11. The molecule has 1 N–H and O–H groups in total. The molecule has 4 rings (SSSR count). The van der Waals surface area contributed by atoms with Gasteiger partial charge < -0.3 is 10.1 Å². The molecule has 0 bridgehead atoms. The monoisotopic (exact) mass is 442 g/mol. The van der Waals surface area contributed by atoms with Crippen molar-refractivity contribution in [3.63, 3.8) is 0 Å². The van der Waals surface area contributed by atoms with Crippen LogP contribution in [0.3, 0.4) is 0 Å². The number of fused-ring (bicyclic) bond motifs is 1. The third kappa shape index (κ3) is 4.92. The van der Waals surface area contributed by atoms with E-state index in [0.717, 1.165) is 33.9 Å². The van der Waals surface area contributed by atoms with Gasteiger partial charge in [-0.3, -0.25) is 4.79 Å². The molecular formula is C26H26N4O3. The van der Waals surface area contributed by atoms with Gasteiger partial charge in [-0.1, -0.05) is 36.4 Å². The minimum atomic E-state index is -0.409. The fourth-order valence-electron chi connectivity index (χ4n) is 3.84. The van der Waals surface area contributed by atoms with Crippen molar-refractivity contribution >= 4 is 23.2 Å². The van der Waals surface area contributed by atoms with E-state index >= 15 is 0 Å². The molecule has 2 aromatic heterocycles. The Morgan fingerprint density at radius 2 is 1.82 bits per heavy atom. The summed E-state index contributed by atoms with van der Waals surface area (Å²) in [4.78, 5) is 29.2. The summed E-state index contributed by atoms with van der Waals surface area (Å²) < 4.78 is 6.86. The first-order valence-electron chi connectivity index (χ1n) is 10.9. The van der Waals surface area contributed by atoms with Gasteiger partial charge >= 0.3 is 5.97 Å². The van der Waals surface area contributed by atoms with Crippen LogP contribution in [-0.4, -0.2) is 33.1 Å². The molecular weight excluding hydrogens is 416 g/mol. The van der Waals surface area contributed by atoms with Crippen LogP contribution in [0.15, 0.2) is 60.7 Å². The Morgan fingerprint density at radius 1 is 1.03 bits per heavy atom. The highest BCUT2D eigenvalue weighted by atomic mass is 16.5. The van der Waals surface area contributed by atoms with Crippen molar-refractivity contribution in [2.24, 2.45) is 0 Å². The van der Waals surface area contributed by atoms with Gasteiger partial charge in [-0.25, -0.2) is 14.3 Å². The Labute approximate surface area is 192 Å². The maximum Gasteiger partial charge on any atom is 0.338 e. The quantitative estimate of drug-likeness (QED) is 0.417. The third-order valence-corrected chi connectivity index (χ3v) is 5.49. The minimum absolute atomic E-state index is 0.139. The van der Waals surface area contributed by atoms with Gasteiger partial charge in [-0.15, -0.1) is 0 Å². The van der Waals surface area contributed by atoms with E-state index in [1.54, 1.807) is 31.2 Å². The van der Waals surface area contributed by atoms with E-state index in [1.165, 1.54) is 0 Å². The summed E-state index contributed by atoms with van der Waals surface area (Å²) in [5.74, 6) is -0.548. The van der Waals surface area contributed by atoms with E-state index in [-0.39, 0.29) is 12.3 Å². The van der Waals surface area contributed by atoms with Crippen molar-refractivity contribution in [3.8, 4) is 11.3 Å². The Kier molecular flexibility index (Phi) is 6.49. The maximum atomic E-state index is 12.6. The Bertz CT molecular complexity index is 1310. The number of nitrogens with one attached hydrogen (secondary N) is 1. The number of rotatable bonds is 7. The predicted molar refractivity (Wildman–Crippen MR) is 127 cm³/mol. The number of amides is 1. The number of aromatic nitrogens is 3. The minimum Gasteiger partial charge on any atom is -0.462 e. The van der Waals surface area contributed by atoms with Gasteiger partial charge in [0.1, 0.15) is 0 Å². The molecule has 0 saturated heterocycles. The van der Waals surface area contributed by atoms with Crippen LogP contribution in [-0.2, 0) is 16.0 Å². The van der Waals surface area contributed by atoms with Gasteiger partial charge in [0.2, 0.25) is 5.91 Å². The van der Waals surface area contributed by atoms with E-state index in [4.69, 9.17) is 14.8 Å². The van der Waals surface area contributed by atoms with Crippen LogP contribution < -0.4 is 5.32 Å². The second kappa shape index (κ2) is 9.65. The highest BCUT2D eigenvalue weighted by molar-refractivity contribution is 5.94. The van der Waals surface area contributed by atoms with Crippen LogP contribution in [0.25, 0.3) is 16.9 Å². The second-order valence-electron chi connectivity index (χ2n) is 7.78. The fraction of sp³-hybridized carbons (Fsp3) is 0.231. The number of nitrogens with zero attached hydrogens (tertiary/aromatic N) is 3. The molecule has 0 spiro atoms. The number of hydrogen-bond acceptors (Lipinski definition) is 5. The molecule has 2 heterocycles. The lowest BCUT2D eigenvalue weighted by molar-refractivity contribution is -0.116. The van der Waals surface area contributed by atoms with E-state index in [9.17, 15) is 9.59 Å². The van der Waals surface area contributed by atoms with E-state index in [1.807, 2.05) is 54.8 Å². The molecule has 0 radical (unpaired) electrons. The average Bonchev–Trinajstić information content (AvgIpc) is 3.24. The second-order valence-corrected chi connectivity index (χ2v) is 7.78. The molecule has 7 nitrogen and oxygen atoms in total. The van der Waals surface area contributed by atoms with E-state index in [2.05, 4.69) is 5.32 Å². The van der Waals surface area contributed by atoms with Gasteiger partial charge in [0.05, 0.1) is 17.9 Å². The smallest absolute Gasteiger partial charge is 0.338 e. The first-order valence-corrected chi connectivity index (χ1v) is 10.9. The molecule has 0 aliphatic rings. The summed E-state index contributed by atoms with van der Waals surface area (Å²) in [5, 5.41) is 7.59. The van der Waals surface area contributed by atoms with Crippen molar-refractivity contribution in [1.29, 1.82) is 0 Å². The van der Waals surface area contributed by atoms with Crippen LogP contribution >= 0.6 is 0 Å². The summed E-state index contributed by atoms with van der Waals surface area (Å²) in [7, 11) is 0. The van der Waals surface area contributed by atoms with Gasteiger partial charge in [-0.2, -0.15) is 5.10 Å². The molecule has 0 aliphatic carbocycles. The number of hydrogen-bond donors (Lipinski definition) is 1. The number of ether oxygens (including phenoxy) is 1. The van der Waals surface area contributed by atoms with Crippen molar-refractivity contribution < 1.29 is 14.3 Å². The van der Waals surface area contributed by atoms with Crippen LogP contribution in [0.2, 0.25) is 0 Å².